The zero-order valence-electron chi connectivity index (χ0n) is 12.1. The van der Waals surface area contributed by atoms with Gasteiger partial charge in [0.1, 0.15) is 6.54 Å². The van der Waals surface area contributed by atoms with Crippen LogP contribution < -0.4 is 5.32 Å². The smallest absolute Gasteiger partial charge is 0.322 e. The van der Waals surface area contributed by atoms with Crippen LogP contribution in [0.1, 0.15) is 44.2 Å². The quantitative estimate of drug-likeness (QED) is 0.888. The maximum absolute atomic E-state index is 11.6. The van der Waals surface area contributed by atoms with Crippen molar-refractivity contribution in [2.45, 2.75) is 33.1 Å². The van der Waals surface area contributed by atoms with Crippen molar-refractivity contribution in [1.82, 2.24) is 5.32 Å². The highest BCUT2D eigenvalue weighted by atomic mass is 16.4. The summed E-state index contributed by atoms with van der Waals surface area (Å²) in [5, 5.41) is 10.9. The average Bonchev–Trinajstić information content (AvgIpc) is 2.76. The topological polar surface area (TPSA) is 66.4 Å². The van der Waals surface area contributed by atoms with Gasteiger partial charge in [0.25, 0.3) is 0 Å². The summed E-state index contributed by atoms with van der Waals surface area (Å²) in [7, 11) is 0. The van der Waals surface area contributed by atoms with Gasteiger partial charge in [0.05, 0.1) is 6.42 Å². The van der Waals surface area contributed by atoms with Crippen LogP contribution in [0.25, 0.3) is 5.57 Å². The number of carboxylic acid groups (broad SMARTS) is 1. The molecule has 2 rings (SSSR count). The molecule has 4 heteroatoms. The zero-order valence-corrected chi connectivity index (χ0v) is 12.1. The number of hydrogen-bond donors (Lipinski definition) is 2. The molecular weight excluding hydrogens is 254 g/mol. The molecule has 1 aromatic rings. The first-order valence-corrected chi connectivity index (χ1v) is 6.86. The number of carbonyl (C=O) groups is 2. The molecule has 0 saturated heterocycles. The number of carbonyl (C=O) groups excluding carboxylic acids is 1. The van der Waals surface area contributed by atoms with Gasteiger partial charge in [-0.2, -0.15) is 0 Å². The summed E-state index contributed by atoms with van der Waals surface area (Å²) in [4.78, 5) is 22.0. The van der Waals surface area contributed by atoms with E-state index in [1.807, 2.05) is 32.0 Å². The summed E-state index contributed by atoms with van der Waals surface area (Å²) in [5.41, 5.74) is 3.29. The molecule has 0 spiro atoms. The molecule has 0 bridgehead atoms. The Morgan fingerprint density at radius 1 is 1.25 bits per heavy atom. The number of rotatable bonds is 4. The normalized spacial score (nSPS) is 15.6. The third-order valence-corrected chi connectivity index (χ3v) is 3.04. The van der Waals surface area contributed by atoms with E-state index in [4.69, 9.17) is 5.11 Å². The van der Waals surface area contributed by atoms with Gasteiger partial charge in [-0.1, -0.05) is 51.1 Å². The van der Waals surface area contributed by atoms with E-state index < -0.39 is 5.97 Å². The Morgan fingerprint density at radius 2 is 1.90 bits per heavy atom. The van der Waals surface area contributed by atoms with Crippen LogP contribution in [0.4, 0.5) is 0 Å². The molecule has 0 heterocycles. The lowest BCUT2D eigenvalue weighted by molar-refractivity contribution is -0.137. The molecule has 20 heavy (non-hydrogen) atoms. The van der Waals surface area contributed by atoms with Crippen LogP contribution in [-0.4, -0.2) is 23.5 Å². The molecule has 4 nitrogen and oxygen atoms in total. The summed E-state index contributed by atoms with van der Waals surface area (Å²) < 4.78 is 0. The van der Waals surface area contributed by atoms with Crippen molar-refractivity contribution < 1.29 is 14.7 Å². The Bertz CT molecular complexity index is 520. The molecule has 1 unspecified atom stereocenters. The molecular formula is C16H21NO3. The van der Waals surface area contributed by atoms with E-state index >= 15 is 0 Å². The van der Waals surface area contributed by atoms with Gasteiger partial charge in [0, 0.05) is 5.92 Å². The molecule has 0 fully saturated rings. The van der Waals surface area contributed by atoms with Gasteiger partial charge >= 0.3 is 5.97 Å². The lowest BCUT2D eigenvalue weighted by atomic mass is 10.0. The van der Waals surface area contributed by atoms with Crippen LogP contribution in [0.15, 0.2) is 30.3 Å². The molecule has 2 N–H and O–H groups in total. The number of amides is 1. The second-order valence-electron chi connectivity index (χ2n) is 4.42. The minimum Gasteiger partial charge on any atom is -0.480 e. The van der Waals surface area contributed by atoms with Crippen LogP contribution in [0.2, 0.25) is 0 Å². The molecule has 0 aliphatic heterocycles. The van der Waals surface area contributed by atoms with Crippen molar-refractivity contribution in [2.75, 3.05) is 6.54 Å². The number of hydrogen-bond acceptors (Lipinski definition) is 2. The average molecular weight is 275 g/mol. The van der Waals surface area contributed by atoms with Crippen molar-refractivity contribution in [3.8, 4) is 0 Å². The van der Waals surface area contributed by atoms with Crippen LogP contribution in [-0.2, 0) is 9.59 Å². The first kappa shape index (κ1) is 16.0. The fourth-order valence-electron chi connectivity index (χ4n) is 2.23. The number of benzene rings is 1. The van der Waals surface area contributed by atoms with Gasteiger partial charge in [-0.3, -0.25) is 9.59 Å². The van der Waals surface area contributed by atoms with Crippen LogP contribution in [0.3, 0.4) is 0 Å². The van der Waals surface area contributed by atoms with E-state index in [0.29, 0.717) is 5.92 Å². The lowest BCUT2D eigenvalue weighted by Gasteiger charge is -2.06. The highest BCUT2D eigenvalue weighted by Crippen LogP contribution is 2.36. The molecule has 1 amide bonds. The second-order valence-corrected chi connectivity index (χ2v) is 4.42. The van der Waals surface area contributed by atoms with Crippen LogP contribution in [0.5, 0.6) is 0 Å². The first-order chi connectivity index (χ1) is 9.58. The molecule has 1 aliphatic carbocycles. The maximum Gasteiger partial charge on any atom is 0.322 e. The maximum atomic E-state index is 11.6. The predicted molar refractivity (Wildman–Crippen MR) is 79.4 cm³/mol. The van der Waals surface area contributed by atoms with E-state index in [2.05, 4.69) is 24.4 Å². The molecule has 0 aromatic heterocycles. The number of nitrogens with one attached hydrogen (secondary N) is 1. The Labute approximate surface area is 119 Å². The predicted octanol–water partition coefficient (Wildman–Crippen LogP) is 2.80. The zero-order chi connectivity index (χ0) is 15.1. The largest absolute Gasteiger partial charge is 0.480 e. The highest BCUT2D eigenvalue weighted by molar-refractivity contribution is 5.92. The fraction of sp³-hybridized carbons (Fsp3) is 0.375. The summed E-state index contributed by atoms with van der Waals surface area (Å²) >= 11 is 0. The fourth-order valence-corrected chi connectivity index (χ4v) is 2.23. The van der Waals surface area contributed by atoms with Crippen LogP contribution in [0, 0.1) is 0 Å². The molecule has 1 atom stereocenters. The Hall–Kier alpha value is -2.10. The summed E-state index contributed by atoms with van der Waals surface area (Å²) in [6, 6.07) is 7.98. The second kappa shape index (κ2) is 7.48. The lowest BCUT2D eigenvalue weighted by Crippen LogP contribution is -2.29. The molecule has 108 valence electrons. The van der Waals surface area contributed by atoms with Gasteiger partial charge in [-0.05, 0) is 16.7 Å². The monoisotopic (exact) mass is 275 g/mol. The standard InChI is InChI=1S/C14H15NO3.C2H6/c1-9-6-10(7-13(16)15-8-14(17)18)12-5-3-2-4-11(9)12;1-2/h2-6,9H,7-8H2,1H3,(H,15,16)(H,17,18);1-2H3. The van der Waals surface area contributed by atoms with Crippen molar-refractivity contribution in [2.24, 2.45) is 0 Å². The molecule has 1 aromatic carbocycles. The van der Waals surface area contributed by atoms with Crippen molar-refractivity contribution in [3.05, 3.63) is 41.5 Å². The van der Waals surface area contributed by atoms with Gasteiger partial charge in [0.2, 0.25) is 5.91 Å². The first-order valence-electron chi connectivity index (χ1n) is 6.86. The third-order valence-electron chi connectivity index (χ3n) is 3.04. The highest BCUT2D eigenvalue weighted by Gasteiger charge is 2.21. The molecule has 1 aliphatic rings. The Balaban J connectivity index is 0.000000956. The van der Waals surface area contributed by atoms with E-state index in [-0.39, 0.29) is 18.9 Å². The van der Waals surface area contributed by atoms with Gasteiger partial charge in [0.15, 0.2) is 0 Å². The van der Waals surface area contributed by atoms with Crippen LogP contribution >= 0.6 is 0 Å². The number of aliphatic carboxylic acids is 1. The van der Waals surface area contributed by atoms with Crippen molar-refractivity contribution in [3.63, 3.8) is 0 Å². The molecule has 0 radical (unpaired) electrons. The number of fused-ring (bicyclic) bond motifs is 1. The minimum atomic E-state index is -1.03. The molecule has 0 saturated carbocycles. The van der Waals surface area contributed by atoms with E-state index in [1.165, 1.54) is 5.56 Å². The van der Waals surface area contributed by atoms with E-state index in [9.17, 15) is 9.59 Å². The summed E-state index contributed by atoms with van der Waals surface area (Å²) in [6.07, 6.45) is 2.29. The summed E-state index contributed by atoms with van der Waals surface area (Å²) in [5.74, 6) is -0.978. The SMILES string of the molecule is CC.CC1C=C(CC(=O)NCC(=O)O)c2ccccc21. The van der Waals surface area contributed by atoms with Gasteiger partial charge < -0.3 is 10.4 Å². The Morgan fingerprint density at radius 3 is 2.55 bits per heavy atom. The third kappa shape index (κ3) is 3.95. The van der Waals surface area contributed by atoms with Crippen molar-refractivity contribution >= 4 is 17.4 Å². The van der Waals surface area contributed by atoms with Gasteiger partial charge in [-0.25, -0.2) is 0 Å². The number of carboxylic acids is 1. The van der Waals surface area contributed by atoms with Crippen molar-refractivity contribution in [1.29, 1.82) is 0 Å². The number of allylic oxidation sites excluding steroid dienone is 1. The van der Waals surface area contributed by atoms with E-state index in [1.54, 1.807) is 0 Å². The Kier molecular flexibility index (Phi) is 5.97. The van der Waals surface area contributed by atoms with Gasteiger partial charge in [-0.15, -0.1) is 0 Å². The minimum absolute atomic E-state index is 0.231. The summed E-state index contributed by atoms with van der Waals surface area (Å²) in [6.45, 7) is 5.75. The van der Waals surface area contributed by atoms with E-state index in [0.717, 1.165) is 11.1 Å².